The molecule has 0 saturated carbocycles. The second-order valence-corrected chi connectivity index (χ2v) is 8.44. The predicted octanol–water partition coefficient (Wildman–Crippen LogP) is 4.13. The number of methoxy groups -OCH3 is 2. The summed E-state index contributed by atoms with van der Waals surface area (Å²) >= 11 is 0. The van der Waals surface area contributed by atoms with Gasteiger partial charge in [0.25, 0.3) is 16.1 Å². The quantitative estimate of drug-likeness (QED) is 0.407. The van der Waals surface area contributed by atoms with E-state index < -0.39 is 21.0 Å². The molecule has 33 heavy (non-hydrogen) atoms. The Morgan fingerprint density at radius 3 is 2.64 bits per heavy atom. The van der Waals surface area contributed by atoms with E-state index in [1.807, 2.05) is 0 Å². The van der Waals surface area contributed by atoms with Crippen molar-refractivity contribution in [3.05, 3.63) is 66.0 Å². The van der Waals surface area contributed by atoms with Crippen molar-refractivity contribution in [1.82, 2.24) is 14.9 Å². The van der Waals surface area contributed by atoms with Crippen LogP contribution >= 0.6 is 0 Å². The maximum absolute atomic E-state index is 13.2. The lowest BCUT2D eigenvalue weighted by atomic mass is 10.1. The first-order valence-corrected chi connectivity index (χ1v) is 11.0. The summed E-state index contributed by atoms with van der Waals surface area (Å²) < 4.78 is 72.1. The molecule has 0 radical (unpaired) electrons. The first-order chi connectivity index (χ1) is 15.8. The van der Waals surface area contributed by atoms with Crippen molar-refractivity contribution >= 4 is 32.9 Å². The summed E-state index contributed by atoms with van der Waals surface area (Å²) in [6, 6.07) is 9.16. The van der Waals surface area contributed by atoms with Crippen LogP contribution in [0, 0.1) is 0 Å². The molecule has 0 saturated heterocycles. The van der Waals surface area contributed by atoms with E-state index in [1.165, 1.54) is 32.4 Å². The lowest BCUT2D eigenvalue weighted by Crippen LogP contribution is -2.16. The minimum atomic E-state index is -4.41. The van der Waals surface area contributed by atoms with Crippen LogP contribution in [0.15, 0.2) is 64.3 Å². The SMILES string of the molecule is COc1cccc(C=C(F)F)c1S(=O)(=O)Nc1noc2cc(Cn3cccn3)cc(OC)c12. The van der Waals surface area contributed by atoms with Crippen molar-refractivity contribution in [2.75, 3.05) is 18.9 Å². The van der Waals surface area contributed by atoms with Crippen molar-refractivity contribution in [2.45, 2.75) is 11.4 Å². The number of nitrogens with zero attached hydrogens (tertiary/aromatic N) is 3. The van der Waals surface area contributed by atoms with E-state index in [-0.39, 0.29) is 28.1 Å². The zero-order chi connectivity index (χ0) is 23.6. The Kier molecular flexibility index (Phi) is 6.01. The van der Waals surface area contributed by atoms with E-state index >= 15 is 0 Å². The third-order valence-corrected chi connectivity index (χ3v) is 6.15. The van der Waals surface area contributed by atoms with Crippen molar-refractivity contribution in [2.24, 2.45) is 0 Å². The third-order valence-electron chi connectivity index (χ3n) is 4.72. The van der Waals surface area contributed by atoms with Gasteiger partial charge in [0.2, 0.25) is 0 Å². The molecule has 0 aliphatic carbocycles. The first-order valence-electron chi connectivity index (χ1n) is 9.48. The summed E-state index contributed by atoms with van der Waals surface area (Å²) in [5.74, 6) is 0.0383. The molecular weight excluding hydrogens is 458 g/mol. The summed E-state index contributed by atoms with van der Waals surface area (Å²) in [5.41, 5.74) is 0.802. The normalized spacial score (nSPS) is 11.4. The third kappa shape index (κ3) is 4.51. The minimum Gasteiger partial charge on any atom is -0.496 e. The molecule has 1 N–H and O–H groups in total. The summed E-state index contributed by atoms with van der Waals surface area (Å²) in [6.45, 7) is 0.423. The number of rotatable bonds is 8. The molecule has 2 aromatic heterocycles. The van der Waals surface area contributed by atoms with Crippen LogP contribution in [0.4, 0.5) is 14.6 Å². The Morgan fingerprint density at radius 2 is 1.97 bits per heavy atom. The van der Waals surface area contributed by atoms with E-state index in [9.17, 15) is 17.2 Å². The van der Waals surface area contributed by atoms with Gasteiger partial charge in [-0.15, -0.1) is 0 Å². The molecule has 9 nitrogen and oxygen atoms in total. The minimum absolute atomic E-state index is 0.112. The van der Waals surface area contributed by atoms with Gasteiger partial charge >= 0.3 is 0 Å². The van der Waals surface area contributed by atoms with E-state index in [2.05, 4.69) is 15.0 Å². The predicted molar refractivity (Wildman–Crippen MR) is 116 cm³/mol. The number of ether oxygens (including phenoxy) is 2. The molecule has 0 amide bonds. The maximum atomic E-state index is 13.2. The van der Waals surface area contributed by atoms with Gasteiger partial charge in [-0.05, 0) is 29.8 Å². The highest BCUT2D eigenvalue weighted by Gasteiger charge is 2.27. The molecule has 12 heteroatoms. The summed E-state index contributed by atoms with van der Waals surface area (Å²) in [7, 11) is -1.75. The zero-order valence-electron chi connectivity index (χ0n) is 17.5. The van der Waals surface area contributed by atoms with Crippen LogP contribution in [0.2, 0.25) is 0 Å². The number of fused-ring (bicyclic) bond motifs is 1. The number of halogens is 2. The van der Waals surface area contributed by atoms with Gasteiger partial charge in [0.05, 0.1) is 20.8 Å². The highest BCUT2D eigenvalue weighted by molar-refractivity contribution is 7.93. The molecule has 0 fully saturated rings. The van der Waals surface area contributed by atoms with Crippen LogP contribution in [0.5, 0.6) is 11.5 Å². The maximum Gasteiger partial charge on any atom is 0.270 e. The van der Waals surface area contributed by atoms with Gasteiger partial charge in [-0.3, -0.25) is 9.40 Å². The fourth-order valence-electron chi connectivity index (χ4n) is 3.38. The lowest BCUT2D eigenvalue weighted by Gasteiger charge is -2.13. The summed E-state index contributed by atoms with van der Waals surface area (Å²) in [4.78, 5) is -0.467. The Bertz CT molecular complexity index is 1430. The first kappa shape index (κ1) is 22.3. The fourth-order valence-corrected chi connectivity index (χ4v) is 4.73. The van der Waals surface area contributed by atoms with Crippen LogP contribution in [0.1, 0.15) is 11.1 Å². The molecule has 2 aromatic carbocycles. The zero-order valence-corrected chi connectivity index (χ0v) is 18.3. The molecule has 0 aliphatic heterocycles. The van der Waals surface area contributed by atoms with Gasteiger partial charge in [0.15, 0.2) is 11.4 Å². The molecule has 172 valence electrons. The van der Waals surface area contributed by atoms with Gasteiger partial charge in [0, 0.05) is 24.0 Å². The van der Waals surface area contributed by atoms with Crippen LogP contribution < -0.4 is 14.2 Å². The van der Waals surface area contributed by atoms with Gasteiger partial charge in [0.1, 0.15) is 21.8 Å². The Morgan fingerprint density at radius 1 is 1.18 bits per heavy atom. The highest BCUT2D eigenvalue weighted by Crippen LogP contribution is 2.37. The Balaban J connectivity index is 1.77. The number of hydrogen-bond donors (Lipinski definition) is 1. The molecule has 0 unspecified atom stereocenters. The van der Waals surface area contributed by atoms with Crippen LogP contribution in [0.3, 0.4) is 0 Å². The largest absolute Gasteiger partial charge is 0.496 e. The molecule has 4 rings (SSSR count). The monoisotopic (exact) mass is 476 g/mol. The van der Waals surface area contributed by atoms with Crippen molar-refractivity contribution in [3.63, 3.8) is 0 Å². The number of benzene rings is 2. The molecule has 0 atom stereocenters. The lowest BCUT2D eigenvalue weighted by molar-refractivity contribution is 0.402. The van der Waals surface area contributed by atoms with Crippen molar-refractivity contribution < 1.29 is 31.2 Å². The van der Waals surface area contributed by atoms with E-state index in [0.717, 1.165) is 5.56 Å². The number of aromatic nitrogens is 3. The number of anilines is 1. The van der Waals surface area contributed by atoms with Crippen molar-refractivity contribution in [1.29, 1.82) is 0 Å². The van der Waals surface area contributed by atoms with Crippen LogP contribution in [-0.4, -0.2) is 37.6 Å². The molecule has 0 aliphatic rings. The van der Waals surface area contributed by atoms with E-state index in [1.54, 1.807) is 35.3 Å². The van der Waals surface area contributed by atoms with E-state index in [4.69, 9.17) is 14.0 Å². The second-order valence-electron chi connectivity index (χ2n) is 6.82. The van der Waals surface area contributed by atoms with Crippen molar-refractivity contribution in [3.8, 4) is 11.5 Å². The van der Waals surface area contributed by atoms with Gasteiger partial charge in [-0.1, -0.05) is 17.3 Å². The number of sulfonamides is 1. The summed E-state index contributed by atoms with van der Waals surface area (Å²) in [5, 5.41) is 8.25. The van der Waals surface area contributed by atoms with Crippen LogP contribution in [0.25, 0.3) is 17.0 Å². The van der Waals surface area contributed by atoms with Gasteiger partial charge in [-0.25, -0.2) is 8.42 Å². The molecule has 2 heterocycles. The summed E-state index contributed by atoms with van der Waals surface area (Å²) in [6.07, 6.45) is 1.82. The molecule has 0 bridgehead atoms. The van der Waals surface area contributed by atoms with E-state index in [0.29, 0.717) is 18.4 Å². The standard InChI is InChI=1S/C21H18F2N4O5S/c1-30-15-6-3-5-14(11-18(22)23)20(15)33(28,29)26-21-19-16(31-2)9-13(10-17(19)32-25-21)12-27-8-4-7-24-27/h3-11H,12H2,1-2H3,(H,25,26). The average Bonchev–Trinajstić information content (AvgIpc) is 3.42. The fraction of sp³-hybridized carbons (Fsp3) is 0.143. The average molecular weight is 476 g/mol. The van der Waals surface area contributed by atoms with Crippen LogP contribution in [-0.2, 0) is 16.6 Å². The second kappa shape index (κ2) is 8.90. The number of hydrogen-bond acceptors (Lipinski definition) is 7. The molecule has 4 aromatic rings. The smallest absolute Gasteiger partial charge is 0.270 e. The number of nitrogens with one attached hydrogen (secondary N) is 1. The Hall–Kier alpha value is -3.93. The van der Waals surface area contributed by atoms with Gasteiger partial charge in [-0.2, -0.15) is 13.9 Å². The molecular formula is C21H18F2N4O5S. The van der Waals surface area contributed by atoms with Gasteiger partial charge < -0.3 is 14.0 Å². The Labute approximate surface area is 187 Å². The topological polar surface area (TPSA) is 108 Å². The molecule has 0 spiro atoms. The highest BCUT2D eigenvalue weighted by atomic mass is 32.2.